The van der Waals surface area contributed by atoms with Crippen LogP contribution in [0.1, 0.15) is 17.4 Å². The largest absolute Gasteiger partial charge is 0.494 e. The van der Waals surface area contributed by atoms with Crippen LogP contribution < -0.4 is 10.2 Å². The number of para-hydroxylation sites is 1. The van der Waals surface area contributed by atoms with Crippen LogP contribution in [0, 0.1) is 0 Å². The highest BCUT2D eigenvalue weighted by molar-refractivity contribution is 7.80. The molecule has 0 radical (unpaired) electrons. The average Bonchev–Trinajstić information content (AvgIpc) is 3.09. The van der Waals surface area contributed by atoms with Crippen molar-refractivity contribution in [1.82, 2.24) is 30.0 Å². The molecule has 31 heavy (non-hydrogen) atoms. The highest BCUT2D eigenvalue weighted by Crippen LogP contribution is 2.27. The Bertz CT molecular complexity index is 1220. The van der Waals surface area contributed by atoms with Gasteiger partial charge in [-0.05, 0) is 43.3 Å². The van der Waals surface area contributed by atoms with E-state index in [4.69, 9.17) is 9.72 Å². The van der Waals surface area contributed by atoms with Gasteiger partial charge < -0.3 is 4.74 Å². The fraction of sp³-hybridized carbons (Fsp3) is 0.182. The van der Waals surface area contributed by atoms with Gasteiger partial charge in [0.05, 0.1) is 6.61 Å². The van der Waals surface area contributed by atoms with Gasteiger partial charge in [-0.25, -0.2) is 20.0 Å². The van der Waals surface area contributed by atoms with Crippen LogP contribution in [0.15, 0.2) is 59.8 Å². The minimum absolute atomic E-state index is 0.174. The van der Waals surface area contributed by atoms with Crippen LogP contribution in [0.5, 0.6) is 5.75 Å². The zero-order valence-corrected chi connectivity index (χ0v) is 18.3. The second-order valence-corrected chi connectivity index (χ2v) is 7.34. The molecular weight excluding hydrogens is 412 g/mol. The van der Waals surface area contributed by atoms with Crippen LogP contribution in [0.2, 0.25) is 0 Å². The summed E-state index contributed by atoms with van der Waals surface area (Å²) in [6.07, 6.45) is 0. The number of thiol groups is 1. The Morgan fingerprint density at radius 1 is 1.06 bits per heavy atom. The van der Waals surface area contributed by atoms with Crippen LogP contribution in [0.4, 0.5) is 0 Å². The number of carbonyl (C=O) groups excluding carboxylic acids is 1. The SMILES string of the molecule is CCOc1ccc(-c2nc(C(=O)NN(C)C)c3nc(S)n(-c4ccccc4)c3n2)cc1. The van der Waals surface area contributed by atoms with E-state index in [1.165, 1.54) is 0 Å². The summed E-state index contributed by atoms with van der Waals surface area (Å²) in [6, 6.07) is 17.1. The number of carbonyl (C=O) groups is 1. The van der Waals surface area contributed by atoms with Crippen LogP contribution in [0.25, 0.3) is 28.2 Å². The van der Waals surface area contributed by atoms with Gasteiger partial charge >= 0.3 is 0 Å². The number of aromatic nitrogens is 4. The number of benzene rings is 2. The summed E-state index contributed by atoms with van der Waals surface area (Å²) < 4.78 is 7.31. The molecule has 0 atom stereocenters. The molecule has 0 fully saturated rings. The Balaban J connectivity index is 1.93. The third-order valence-electron chi connectivity index (χ3n) is 4.47. The van der Waals surface area contributed by atoms with E-state index in [2.05, 4.69) is 28.0 Å². The standard InChI is InChI=1S/C22H22N6O2S/c1-4-30-16-12-10-14(11-13-16)19-23-18(21(29)26-27(2)3)17-20(25-19)28(22(31)24-17)15-8-6-5-7-9-15/h5-13H,4H2,1-3H3,(H,24,31)(H,26,29). The fourth-order valence-corrected chi connectivity index (χ4v) is 3.48. The first-order valence-electron chi connectivity index (χ1n) is 9.74. The molecule has 0 unspecified atom stereocenters. The van der Waals surface area contributed by atoms with E-state index in [-0.39, 0.29) is 11.6 Å². The molecule has 2 aromatic heterocycles. The molecule has 0 saturated carbocycles. The normalized spacial score (nSPS) is 11.1. The predicted octanol–water partition coefficient (Wildman–Crippen LogP) is 3.38. The van der Waals surface area contributed by atoms with Crippen LogP contribution in [-0.4, -0.2) is 51.1 Å². The van der Waals surface area contributed by atoms with Crippen LogP contribution in [-0.2, 0) is 0 Å². The lowest BCUT2D eigenvalue weighted by Crippen LogP contribution is -2.36. The Morgan fingerprint density at radius 2 is 1.77 bits per heavy atom. The number of rotatable bonds is 6. The number of amides is 1. The van der Waals surface area contributed by atoms with Crippen molar-refractivity contribution in [2.24, 2.45) is 0 Å². The highest BCUT2D eigenvalue weighted by atomic mass is 32.1. The lowest BCUT2D eigenvalue weighted by molar-refractivity contribution is 0.0853. The van der Waals surface area contributed by atoms with Gasteiger partial charge in [-0.2, -0.15) is 0 Å². The molecule has 0 saturated heterocycles. The van der Waals surface area contributed by atoms with Gasteiger partial charge in [-0.3, -0.25) is 14.8 Å². The van der Waals surface area contributed by atoms with Gasteiger partial charge in [-0.15, -0.1) is 12.6 Å². The molecule has 8 nitrogen and oxygen atoms in total. The van der Waals surface area contributed by atoms with Crippen LogP contribution >= 0.6 is 12.6 Å². The topological polar surface area (TPSA) is 85.2 Å². The third kappa shape index (κ3) is 4.23. The first-order chi connectivity index (χ1) is 15.0. The number of hydrazine groups is 1. The number of hydrogen-bond donors (Lipinski definition) is 2. The van der Waals surface area contributed by atoms with E-state index in [0.29, 0.717) is 28.8 Å². The maximum Gasteiger partial charge on any atom is 0.286 e. The lowest BCUT2D eigenvalue weighted by atomic mass is 10.2. The second kappa shape index (κ2) is 8.75. The molecule has 0 aliphatic rings. The summed E-state index contributed by atoms with van der Waals surface area (Å²) in [6.45, 7) is 2.51. The van der Waals surface area contributed by atoms with Gasteiger partial charge in [-0.1, -0.05) is 18.2 Å². The van der Waals surface area contributed by atoms with Crippen molar-refractivity contribution in [2.75, 3.05) is 20.7 Å². The summed E-state index contributed by atoms with van der Waals surface area (Å²) >= 11 is 4.54. The van der Waals surface area contributed by atoms with Crippen molar-refractivity contribution < 1.29 is 9.53 Å². The minimum Gasteiger partial charge on any atom is -0.494 e. The lowest BCUT2D eigenvalue weighted by Gasteiger charge is -2.13. The number of ether oxygens (including phenoxy) is 1. The molecule has 4 aromatic rings. The molecule has 0 aliphatic heterocycles. The van der Waals surface area contributed by atoms with Crippen molar-refractivity contribution in [3.8, 4) is 22.8 Å². The molecule has 158 valence electrons. The molecule has 2 heterocycles. The number of nitrogens with zero attached hydrogens (tertiary/aromatic N) is 5. The Kier molecular flexibility index (Phi) is 5.88. The Hall–Kier alpha value is -3.43. The molecule has 0 bridgehead atoms. The van der Waals surface area contributed by atoms with Crippen molar-refractivity contribution in [1.29, 1.82) is 0 Å². The predicted molar refractivity (Wildman–Crippen MR) is 122 cm³/mol. The quantitative estimate of drug-likeness (QED) is 0.358. The van der Waals surface area contributed by atoms with E-state index < -0.39 is 0 Å². The highest BCUT2D eigenvalue weighted by Gasteiger charge is 2.22. The number of imidazole rings is 1. The zero-order valence-electron chi connectivity index (χ0n) is 17.4. The summed E-state index contributed by atoms with van der Waals surface area (Å²) in [7, 11) is 3.46. The van der Waals surface area contributed by atoms with E-state index in [9.17, 15) is 4.79 Å². The molecule has 0 spiro atoms. The van der Waals surface area contributed by atoms with Gasteiger partial charge in [0.25, 0.3) is 5.91 Å². The maximum absolute atomic E-state index is 12.9. The maximum atomic E-state index is 12.9. The summed E-state index contributed by atoms with van der Waals surface area (Å²) in [5.74, 6) is 0.783. The fourth-order valence-electron chi connectivity index (χ4n) is 3.17. The van der Waals surface area contributed by atoms with Crippen molar-refractivity contribution >= 4 is 29.7 Å². The molecular formula is C22H22N6O2S. The van der Waals surface area contributed by atoms with Gasteiger partial charge in [0, 0.05) is 25.3 Å². The summed E-state index contributed by atoms with van der Waals surface area (Å²) in [5.41, 5.74) is 5.38. The molecule has 4 rings (SSSR count). The van der Waals surface area contributed by atoms with E-state index >= 15 is 0 Å². The molecule has 1 N–H and O–H groups in total. The molecule has 2 aromatic carbocycles. The summed E-state index contributed by atoms with van der Waals surface area (Å²) in [5, 5.41) is 1.97. The molecule has 0 aliphatic carbocycles. The second-order valence-electron chi connectivity index (χ2n) is 6.94. The Morgan fingerprint density at radius 3 is 2.42 bits per heavy atom. The first-order valence-corrected chi connectivity index (χ1v) is 10.2. The summed E-state index contributed by atoms with van der Waals surface area (Å²) in [4.78, 5) is 26.7. The van der Waals surface area contributed by atoms with Crippen molar-refractivity contribution in [2.45, 2.75) is 12.1 Å². The first kappa shape index (κ1) is 20.8. The zero-order chi connectivity index (χ0) is 22.0. The smallest absolute Gasteiger partial charge is 0.286 e. The van der Waals surface area contributed by atoms with Gasteiger partial charge in [0.15, 0.2) is 22.3 Å². The average molecular weight is 435 g/mol. The third-order valence-corrected chi connectivity index (χ3v) is 4.77. The molecule has 1 amide bonds. The van der Waals surface area contributed by atoms with Crippen LogP contribution in [0.3, 0.4) is 0 Å². The minimum atomic E-state index is -0.379. The number of nitrogens with one attached hydrogen (secondary N) is 1. The Labute approximate surface area is 185 Å². The monoisotopic (exact) mass is 434 g/mol. The molecule has 9 heteroatoms. The van der Waals surface area contributed by atoms with E-state index in [0.717, 1.165) is 17.0 Å². The van der Waals surface area contributed by atoms with Crippen molar-refractivity contribution in [3.63, 3.8) is 0 Å². The van der Waals surface area contributed by atoms with E-state index in [1.807, 2.05) is 61.5 Å². The van der Waals surface area contributed by atoms with Crippen molar-refractivity contribution in [3.05, 3.63) is 60.3 Å². The van der Waals surface area contributed by atoms with Gasteiger partial charge in [0.2, 0.25) is 0 Å². The van der Waals surface area contributed by atoms with E-state index in [1.54, 1.807) is 23.7 Å². The number of hydrogen-bond acceptors (Lipinski definition) is 7. The van der Waals surface area contributed by atoms with Gasteiger partial charge in [0.1, 0.15) is 11.3 Å². The number of fused-ring (bicyclic) bond motifs is 1.